The molecule has 1 fully saturated rings. The fourth-order valence-electron chi connectivity index (χ4n) is 3.22. The van der Waals surface area contributed by atoms with Gasteiger partial charge in [-0.3, -0.25) is 9.36 Å². The van der Waals surface area contributed by atoms with E-state index >= 15 is 0 Å². The zero-order chi connectivity index (χ0) is 16.9. The Kier molecular flexibility index (Phi) is 5.56. The molecule has 2 unspecified atom stereocenters. The van der Waals surface area contributed by atoms with Crippen LogP contribution in [0.5, 0.6) is 0 Å². The van der Waals surface area contributed by atoms with Gasteiger partial charge in [-0.05, 0) is 37.8 Å². The van der Waals surface area contributed by atoms with Crippen molar-refractivity contribution in [2.45, 2.75) is 50.7 Å². The van der Waals surface area contributed by atoms with Crippen molar-refractivity contribution >= 4 is 17.7 Å². The van der Waals surface area contributed by atoms with Crippen LogP contribution in [0.25, 0.3) is 5.69 Å². The number of aromatic nitrogens is 3. The second-order valence-corrected chi connectivity index (χ2v) is 7.37. The highest BCUT2D eigenvalue weighted by molar-refractivity contribution is 7.99. The number of carbonyl (C=O) groups excluding carboxylic acids is 1. The van der Waals surface area contributed by atoms with Crippen molar-refractivity contribution in [3.63, 3.8) is 0 Å². The minimum Gasteiger partial charge on any atom is -0.352 e. The quantitative estimate of drug-likeness (QED) is 0.845. The molecule has 0 radical (unpaired) electrons. The Labute approximate surface area is 147 Å². The number of thioether (sulfide) groups is 1. The minimum atomic E-state index is 0.0824. The van der Waals surface area contributed by atoms with E-state index in [9.17, 15) is 4.79 Å². The molecule has 128 valence electrons. The molecule has 1 heterocycles. The van der Waals surface area contributed by atoms with Crippen molar-refractivity contribution in [1.29, 1.82) is 0 Å². The highest BCUT2D eigenvalue weighted by Gasteiger charge is 2.23. The van der Waals surface area contributed by atoms with Gasteiger partial charge in [-0.2, -0.15) is 0 Å². The van der Waals surface area contributed by atoms with Gasteiger partial charge in [0.15, 0.2) is 5.16 Å². The first-order valence-electron chi connectivity index (χ1n) is 8.55. The van der Waals surface area contributed by atoms with Crippen LogP contribution in [0, 0.1) is 12.8 Å². The number of nitrogens with zero attached hydrogens (tertiary/aromatic N) is 3. The van der Waals surface area contributed by atoms with Gasteiger partial charge < -0.3 is 5.32 Å². The number of benzene rings is 1. The van der Waals surface area contributed by atoms with Gasteiger partial charge in [0.1, 0.15) is 5.82 Å². The van der Waals surface area contributed by atoms with Crippen molar-refractivity contribution in [2.75, 3.05) is 5.75 Å². The molecular weight excluding hydrogens is 320 g/mol. The Morgan fingerprint density at radius 3 is 2.75 bits per heavy atom. The van der Waals surface area contributed by atoms with E-state index in [1.807, 2.05) is 41.8 Å². The lowest BCUT2D eigenvalue weighted by atomic mass is 9.86. The van der Waals surface area contributed by atoms with Crippen LogP contribution >= 0.6 is 11.8 Å². The van der Waals surface area contributed by atoms with E-state index in [2.05, 4.69) is 22.4 Å². The van der Waals surface area contributed by atoms with E-state index in [0.717, 1.165) is 23.1 Å². The Bertz CT molecular complexity index is 686. The molecule has 1 aromatic carbocycles. The molecule has 1 saturated carbocycles. The van der Waals surface area contributed by atoms with Gasteiger partial charge >= 0.3 is 0 Å². The summed E-state index contributed by atoms with van der Waals surface area (Å²) in [5.41, 5.74) is 1.02. The van der Waals surface area contributed by atoms with E-state index < -0.39 is 0 Å². The third-order valence-electron chi connectivity index (χ3n) is 4.60. The maximum atomic E-state index is 12.3. The molecule has 1 aliphatic carbocycles. The third-order valence-corrected chi connectivity index (χ3v) is 5.53. The number of aryl methyl sites for hydroxylation is 1. The van der Waals surface area contributed by atoms with Crippen molar-refractivity contribution < 1.29 is 4.79 Å². The van der Waals surface area contributed by atoms with Crippen molar-refractivity contribution in [1.82, 2.24) is 20.1 Å². The molecule has 0 spiro atoms. The van der Waals surface area contributed by atoms with Crippen LogP contribution in [0.15, 0.2) is 35.5 Å². The molecule has 1 amide bonds. The standard InChI is InChI=1S/C18H24N4OS/c1-13-8-6-7-11-16(13)19-17(23)12-24-18-21-20-14(2)22(18)15-9-4-3-5-10-15/h3-5,9-10,13,16H,6-8,11-12H2,1-2H3,(H,19,23). The van der Waals surface area contributed by atoms with Crippen LogP contribution in [0.2, 0.25) is 0 Å². The Morgan fingerprint density at radius 2 is 2.00 bits per heavy atom. The first kappa shape index (κ1) is 17.0. The summed E-state index contributed by atoms with van der Waals surface area (Å²) in [6.45, 7) is 4.15. The second-order valence-electron chi connectivity index (χ2n) is 6.43. The average molecular weight is 344 g/mol. The molecule has 0 bridgehead atoms. The smallest absolute Gasteiger partial charge is 0.230 e. The zero-order valence-electron chi connectivity index (χ0n) is 14.2. The molecule has 0 aliphatic heterocycles. The fourth-order valence-corrected chi connectivity index (χ4v) is 4.03. The molecular formula is C18H24N4OS. The topological polar surface area (TPSA) is 59.8 Å². The van der Waals surface area contributed by atoms with E-state index in [-0.39, 0.29) is 5.91 Å². The van der Waals surface area contributed by atoms with Gasteiger partial charge in [-0.15, -0.1) is 10.2 Å². The van der Waals surface area contributed by atoms with Crippen molar-refractivity contribution in [2.24, 2.45) is 5.92 Å². The predicted molar refractivity (Wildman–Crippen MR) is 96.4 cm³/mol. The number of hydrogen-bond donors (Lipinski definition) is 1. The second kappa shape index (κ2) is 7.83. The van der Waals surface area contributed by atoms with E-state index in [0.29, 0.717) is 17.7 Å². The van der Waals surface area contributed by atoms with Crippen LogP contribution in [0.3, 0.4) is 0 Å². The van der Waals surface area contributed by atoms with Crippen LogP contribution in [0.4, 0.5) is 0 Å². The summed E-state index contributed by atoms with van der Waals surface area (Å²) in [5.74, 6) is 1.85. The summed E-state index contributed by atoms with van der Waals surface area (Å²) in [7, 11) is 0. The van der Waals surface area contributed by atoms with Crippen LogP contribution in [-0.2, 0) is 4.79 Å². The first-order chi connectivity index (χ1) is 11.6. The monoisotopic (exact) mass is 344 g/mol. The van der Waals surface area contributed by atoms with Crippen molar-refractivity contribution in [3.8, 4) is 5.69 Å². The van der Waals surface area contributed by atoms with Gasteiger partial charge in [0.05, 0.1) is 5.75 Å². The molecule has 1 aromatic heterocycles. The van der Waals surface area contributed by atoms with Gasteiger partial charge in [0.25, 0.3) is 0 Å². The number of rotatable bonds is 5. The lowest BCUT2D eigenvalue weighted by Gasteiger charge is -2.29. The SMILES string of the molecule is Cc1nnc(SCC(=O)NC2CCCCC2C)n1-c1ccccc1. The van der Waals surface area contributed by atoms with E-state index in [4.69, 9.17) is 0 Å². The zero-order valence-corrected chi connectivity index (χ0v) is 15.1. The Balaban J connectivity index is 1.62. The molecule has 0 saturated heterocycles. The Hall–Kier alpha value is -1.82. The summed E-state index contributed by atoms with van der Waals surface area (Å²) >= 11 is 1.44. The number of para-hydroxylation sites is 1. The molecule has 6 heteroatoms. The van der Waals surface area contributed by atoms with Crippen LogP contribution < -0.4 is 5.32 Å². The van der Waals surface area contributed by atoms with Gasteiger partial charge in [0, 0.05) is 11.7 Å². The first-order valence-corrected chi connectivity index (χ1v) is 9.53. The van der Waals surface area contributed by atoms with E-state index in [1.165, 1.54) is 31.0 Å². The summed E-state index contributed by atoms with van der Waals surface area (Å²) in [4.78, 5) is 12.3. The molecule has 1 aliphatic rings. The number of amides is 1. The summed E-state index contributed by atoms with van der Waals surface area (Å²) in [6.07, 6.45) is 4.79. The number of carbonyl (C=O) groups is 1. The number of hydrogen-bond acceptors (Lipinski definition) is 4. The summed E-state index contributed by atoms with van der Waals surface area (Å²) < 4.78 is 1.99. The molecule has 1 N–H and O–H groups in total. The molecule has 5 nitrogen and oxygen atoms in total. The van der Waals surface area contributed by atoms with Gasteiger partial charge in [-0.25, -0.2) is 0 Å². The fraction of sp³-hybridized carbons (Fsp3) is 0.500. The third kappa shape index (κ3) is 3.98. The highest BCUT2D eigenvalue weighted by Crippen LogP contribution is 2.25. The average Bonchev–Trinajstić information content (AvgIpc) is 2.96. The van der Waals surface area contributed by atoms with Gasteiger partial charge in [0.2, 0.25) is 5.91 Å². The molecule has 3 rings (SSSR count). The maximum absolute atomic E-state index is 12.3. The summed E-state index contributed by atoms with van der Waals surface area (Å²) in [5, 5.41) is 12.3. The summed E-state index contributed by atoms with van der Waals surface area (Å²) in [6, 6.07) is 10.3. The molecule has 24 heavy (non-hydrogen) atoms. The van der Waals surface area contributed by atoms with Crippen LogP contribution in [-0.4, -0.2) is 32.5 Å². The molecule has 2 aromatic rings. The molecule has 2 atom stereocenters. The van der Waals surface area contributed by atoms with E-state index in [1.54, 1.807) is 0 Å². The largest absolute Gasteiger partial charge is 0.352 e. The lowest BCUT2D eigenvalue weighted by Crippen LogP contribution is -2.41. The van der Waals surface area contributed by atoms with Crippen LogP contribution in [0.1, 0.15) is 38.4 Å². The number of nitrogens with one attached hydrogen (secondary N) is 1. The predicted octanol–water partition coefficient (Wildman–Crippen LogP) is 3.36. The van der Waals surface area contributed by atoms with Crippen molar-refractivity contribution in [3.05, 3.63) is 36.2 Å². The normalized spacial score (nSPS) is 20.8. The Morgan fingerprint density at radius 1 is 1.25 bits per heavy atom. The highest BCUT2D eigenvalue weighted by atomic mass is 32.2. The maximum Gasteiger partial charge on any atom is 0.230 e. The lowest BCUT2D eigenvalue weighted by molar-refractivity contribution is -0.119. The minimum absolute atomic E-state index is 0.0824. The van der Waals surface area contributed by atoms with Gasteiger partial charge in [-0.1, -0.05) is 49.7 Å².